The molecule has 1 aromatic carbocycles. The van der Waals surface area contributed by atoms with E-state index < -0.39 is 5.97 Å². The number of carboxylic acid groups (broad SMARTS) is 1. The largest absolute Gasteiger partial charge is 0.477 e. The van der Waals surface area contributed by atoms with Crippen LogP contribution in [0.4, 0.5) is 5.69 Å². The molecule has 0 aliphatic rings. The molecule has 0 aliphatic carbocycles. The molecule has 0 aliphatic heterocycles. The predicted octanol–water partition coefficient (Wildman–Crippen LogP) is 1.72. The summed E-state index contributed by atoms with van der Waals surface area (Å²) in [7, 11) is 1.79. The Kier molecular flexibility index (Phi) is 3.47. The van der Waals surface area contributed by atoms with Gasteiger partial charge in [0.1, 0.15) is 11.6 Å². The molecule has 0 fully saturated rings. The molecule has 1 aromatic rings. The first-order valence-electron chi connectivity index (χ1n) is 4.30. The average Bonchev–Trinajstić information content (AvgIpc) is 2.26. The zero-order valence-corrected chi connectivity index (χ0v) is 8.19. The highest BCUT2D eigenvalue weighted by Gasteiger charge is 2.04. The quantitative estimate of drug-likeness (QED) is 0.578. The van der Waals surface area contributed by atoms with Crippen LogP contribution in [0.3, 0.4) is 0 Å². The Morgan fingerprint density at radius 3 is 2.47 bits per heavy atom. The van der Waals surface area contributed by atoms with Crippen LogP contribution in [0.5, 0.6) is 0 Å². The second-order valence-electron chi connectivity index (χ2n) is 2.85. The van der Waals surface area contributed by atoms with E-state index in [0.29, 0.717) is 5.56 Å². The SMILES string of the molecule is CNc1ccc(/C=C(\C#N)C(=O)O)cc1. The van der Waals surface area contributed by atoms with Crippen molar-refractivity contribution < 1.29 is 9.90 Å². The van der Waals surface area contributed by atoms with Gasteiger partial charge in [-0.1, -0.05) is 12.1 Å². The third kappa shape index (κ3) is 2.85. The fraction of sp³-hybridized carbons (Fsp3) is 0.0909. The Balaban J connectivity index is 2.98. The highest BCUT2D eigenvalue weighted by molar-refractivity contribution is 5.96. The van der Waals surface area contributed by atoms with E-state index in [2.05, 4.69) is 5.32 Å². The van der Waals surface area contributed by atoms with Crippen LogP contribution < -0.4 is 5.32 Å². The Morgan fingerprint density at radius 1 is 1.47 bits per heavy atom. The number of benzene rings is 1. The van der Waals surface area contributed by atoms with E-state index >= 15 is 0 Å². The summed E-state index contributed by atoms with van der Waals surface area (Å²) in [5, 5.41) is 20.1. The van der Waals surface area contributed by atoms with Crippen LogP contribution in [-0.4, -0.2) is 18.1 Å². The maximum atomic E-state index is 10.6. The van der Waals surface area contributed by atoms with Crippen molar-refractivity contribution in [3.05, 3.63) is 35.4 Å². The molecular weight excluding hydrogens is 192 g/mol. The smallest absolute Gasteiger partial charge is 0.346 e. The molecule has 4 nitrogen and oxygen atoms in total. The summed E-state index contributed by atoms with van der Waals surface area (Å²) < 4.78 is 0. The number of hydrogen-bond acceptors (Lipinski definition) is 3. The average molecular weight is 202 g/mol. The Bertz CT molecular complexity index is 427. The third-order valence-electron chi connectivity index (χ3n) is 1.86. The number of carboxylic acids is 1. The van der Waals surface area contributed by atoms with Crippen LogP contribution in [0.15, 0.2) is 29.8 Å². The maximum Gasteiger partial charge on any atom is 0.346 e. The molecule has 0 atom stereocenters. The van der Waals surface area contributed by atoms with Crippen LogP contribution in [0.2, 0.25) is 0 Å². The Hall–Kier alpha value is -2.28. The number of aliphatic carboxylic acids is 1. The van der Waals surface area contributed by atoms with Gasteiger partial charge >= 0.3 is 5.97 Å². The summed E-state index contributed by atoms with van der Waals surface area (Å²) >= 11 is 0. The number of nitrogens with one attached hydrogen (secondary N) is 1. The van der Waals surface area contributed by atoms with Crippen LogP contribution in [0.25, 0.3) is 6.08 Å². The van der Waals surface area contributed by atoms with E-state index in [-0.39, 0.29) is 5.57 Å². The lowest BCUT2D eigenvalue weighted by Gasteiger charge is -1.99. The van der Waals surface area contributed by atoms with E-state index in [4.69, 9.17) is 10.4 Å². The van der Waals surface area contributed by atoms with Crippen molar-refractivity contribution in [1.82, 2.24) is 0 Å². The van der Waals surface area contributed by atoms with Gasteiger partial charge in [-0.05, 0) is 23.8 Å². The summed E-state index contributed by atoms with van der Waals surface area (Å²) in [4.78, 5) is 10.6. The van der Waals surface area contributed by atoms with Crippen molar-refractivity contribution in [2.45, 2.75) is 0 Å². The van der Waals surface area contributed by atoms with Crippen molar-refractivity contribution in [2.75, 3.05) is 12.4 Å². The van der Waals surface area contributed by atoms with Gasteiger partial charge in [0, 0.05) is 12.7 Å². The summed E-state index contributed by atoms with van der Waals surface area (Å²) in [5.74, 6) is -1.21. The lowest BCUT2D eigenvalue weighted by atomic mass is 10.1. The third-order valence-corrected chi connectivity index (χ3v) is 1.86. The van der Waals surface area contributed by atoms with E-state index in [9.17, 15) is 4.79 Å². The molecule has 0 bridgehead atoms. The highest BCUT2D eigenvalue weighted by Crippen LogP contribution is 2.11. The van der Waals surface area contributed by atoms with Gasteiger partial charge < -0.3 is 10.4 Å². The molecule has 76 valence electrons. The van der Waals surface area contributed by atoms with Gasteiger partial charge in [0.15, 0.2) is 0 Å². The molecule has 2 N–H and O–H groups in total. The van der Waals surface area contributed by atoms with Gasteiger partial charge in [0.05, 0.1) is 0 Å². The zero-order valence-electron chi connectivity index (χ0n) is 8.19. The number of rotatable bonds is 3. The number of nitriles is 1. The first-order valence-corrected chi connectivity index (χ1v) is 4.30. The molecule has 0 heterocycles. The van der Waals surface area contributed by atoms with Crippen LogP contribution >= 0.6 is 0 Å². The fourth-order valence-electron chi connectivity index (χ4n) is 1.05. The summed E-state index contributed by atoms with van der Waals surface area (Å²) in [6, 6.07) is 8.73. The maximum absolute atomic E-state index is 10.6. The first-order chi connectivity index (χ1) is 7.17. The lowest BCUT2D eigenvalue weighted by Crippen LogP contribution is -1.97. The number of carbonyl (C=O) groups is 1. The number of nitrogens with zero attached hydrogens (tertiary/aromatic N) is 1. The van der Waals surface area contributed by atoms with E-state index in [1.807, 2.05) is 12.1 Å². The monoisotopic (exact) mass is 202 g/mol. The van der Waals surface area contributed by atoms with Crippen molar-refractivity contribution >= 4 is 17.7 Å². The molecule has 0 aromatic heterocycles. The van der Waals surface area contributed by atoms with Crippen LogP contribution in [0.1, 0.15) is 5.56 Å². The van der Waals surface area contributed by atoms with E-state index in [1.54, 1.807) is 25.2 Å². The van der Waals surface area contributed by atoms with Crippen molar-refractivity contribution in [3.63, 3.8) is 0 Å². The van der Waals surface area contributed by atoms with Crippen molar-refractivity contribution in [1.29, 1.82) is 5.26 Å². The summed E-state index contributed by atoms with van der Waals surface area (Å²) in [5.41, 5.74) is 1.35. The molecule has 0 spiro atoms. The number of hydrogen-bond donors (Lipinski definition) is 2. The second-order valence-corrected chi connectivity index (χ2v) is 2.85. The highest BCUT2D eigenvalue weighted by atomic mass is 16.4. The van der Waals surface area contributed by atoms with Gasteiger partial charge in [-0.2, -0.15) is 5.26 Å². The van der Waals surface area contributed by atoms with E-state index in [1.165, 1.54) is 6.08 Å². The molecule has 0 radical (unpaired) electrons. The first kappa shape index (κ1) is 10.8. The lowest BCUT2D eigenvalue weighted by molar-refractivity contribution is -0.132. The minimum atomic E-state index is -1.21. The van der Waals surface area contributed by atoms with Crippen LogP contribution in [0, 0.1) is 11.3 Å². The Morgan fingerprint density at radius 2 is 2.07 bits per heavy atom. The second kappa shape index (κ2) is 4.82. The normalized spacial score (nSPS) is 10.5. The molecule has 1 rings (SSSR count). The molecule has 0 unspecified atom stereocenters. The summed E-state index contributed by atoms with van der Waals surface area (Å²) in [6.07, 6.45) is 1.34. The van der Waals surface area contributed by atoms with Gasteiger partial charge in [-0.15, -0.1) is 0 Å². The minimum absolute atomic E-state index is 0.271. The molecule has 15 heavy (non-hydrogen) atoms. The van der Waals surface area contributed by atoms with Crippen LogP contribution in [-0.2, 0) is 4.79 Å². The van der Waals surface area contributed by atoms with Gasteiger partial charge in [0.2, 0.25) is 0 Å². The fourth-order valence-corrected chi connectivity index (χ4v) is 1.05. The van der Waals surface area contributed by atoms with Crippen molar-refractivity contribution in [2.24, 2.45) is 0 Å². The van der Waals surface area contributed by atoms with Gasteiger partial charge in [-0.25, -0.2) is 4.79 Å². The zero-order chi connectivity index (χ0) is 11.3. The topological polar surface area (TPSA) is 73.1 Å². The molecular formula is C11H10N2O2. The predicted molar refractivity (Wildman–Crippen MR) is 57.2 cm³/mol. The van der Waals surface area contributed by atoms with Gasteiger partial charge in [0.25, 0.3) is 0 Å². The molecule has 0 amide bonds. The Labute approximate surface area is 87.5 Å². The minimum Gasteiger partial charge on any atom is -0.477 e. The molecule has 4 heteroatoms. The number of anilines is 1. The standard InChI is InChI=1S/C11H10N2O2/c1-13-10-4-2-8(3-5-10)6-9(7-12)11(14)15/h2-6,13H,1H3,(H,14,15)/b9-6+. The van der Waals surface area contributed by atoms with E-state index in [0.717, 1.165) is 5.69 Å². The van der Waals surface area contributed by atoms with Gasteiger partial charge in [-0.3, -0.25) is 0 Å². The molecule has 0 saturated heterocycles. The van der Waals surface area contributed by atoms with Crippen molar-refractivity contribution in [3.8, 4) is 6.07 Å². The summed E-state index contributed by atoms with van der Waals surface area (Å²) in [6.45, 7) is 0. The molecule has 0 saturated carbocycles.